The Morgan fingerprint density at radius 2 is 1.79 bits per heavy atom. The van der Waals surface area contributed by atoms with Gasteiger partial charge in [0, 0.05) is 19.5 Å². The van der Waals surface area contributed by atoms with Crippen molar-refractivity contribution in [2.24, 2.45) is 12.8 Å². The van der Waals surface area contributed by atoms with E-state index >= 15 is 0 Å². The molecule has 1 heterocycles. The lowest BCUT2D eigenvalue weighted by atomic mass is 10.1. The van der Waals surface area contributed by atoms with Crippen molar-refractivity contribution < 1.29 is 35.9 Å². The molecule has 0 aliphatic heterocycles. The molecule has 3 aromatic rings. The number of halogens is 6. The summed E-state index contributed by atoms with van der Waals surface area (Å²) in [5.74, 6) is -5.57. The monoisotopic (exact) mass is 489 g/mol. The number of para-hydroxylation sites is 1. The first-order valence-electron chi connectivity index (χ1n) is 9.56. The molecule has 0 unspecified atom stereocenters. The summed E-state index contributed by atoms with van der Waals surface area (Å²) < 4.78 is 87.2. The number of ether oxygens (including phenoxy) is 1. The average molecular weight is 489 g/mol. The predicted octanol–water partition coefficient (Wildman–Crippen LogP) is 2.68. The van der Waals surface area contributed by atoms with Gasteiger partial charge in [-0.25, -0.2) is 18.0 Å². The lowest BCUT2D eigenvalue weighted by Gasteiger charge is -2.15. The van der Waals surface area contributed by atoms with Gasteiger partial charge in [0.05, 0.1) is 5.56 Å². The Morgan fingerprint density at radius 3 is 2.38 bits per heavy atom. The molecule has 0 saturated carbocycles. The molecule has 182 valence electrons. The van der Waals surface area contributed by atoms with E-state index in [0.29, 0.717) is 16.8 Å². The van der Waals surface area contributed by atoms with Crippen molar-refractivity contribution in [3.05, 3.63) is 69.7 Å². The SMILES string of the molecule is Cn1c(CCN)nn(-c2cc(OCC(F)(F)F)c(C(=O)Nc3c(F)cccc3F)cc2F)c1=O. The second kappa shape index (κ2) is 9.59. The Balaban J connectivity index is 2.10. The summed E-state index contributed by atoms with van der Waals surface area (Å²) in [5, 5.41) is 5.76. The smallest absolute Gasteiger partial charge is 0.422 e. The molecular formula is C20H17F6N5O3. The van der Waals surface area contributed by atoms with Crippen LogP contribution in [0.3, 0.4) is 0 Å². The van der Waals surface area contributed by atoms with Crippen LogP contribution in [0.15, 0.2) is 35.1 Å². The second-order valence-corrected chi connectivity index (χ2v) is 6.96. The molecule has 0 spiro atoms. The zero-order valence-electron chi connectivity index (χ0n) is 17.4. The van der Waals surface area contributed by atoms with Crippen molar-refractivity contribution in [1.29, 1.82) is 0 Å². The van der Waals surface area contributed by atoms with Crippen LogP contribution in [0.4, 0.5) is 32.0 Å². The third-order valence-electron chi connectivity index (χ3n) is 4.55. The molecular weight excluding hydrogens is 472 g/mol. The van der Waals surface area contributed by atoms with Crippen molar-refractivity contribution in [3.63, 3.8) is 0 Å². The van der Waals surface area contributed by atoms with E-state index in [4.69, 9.17) is 5.73 Å². The second-order valence-electron chi connectivity index (χ2n) is 6.96. The van der Waals surface area contributed by atoms with E-state index in [9.17, 15) is 35.9 Å². The van der Waals surface area contributed by atoms with E-state index in [0.717, 1.165) is 22.8 Å². The summed E-state index contributed by atoms with van der Waals surface area (Å²) in [6.45, 7) is -1.76. The summed E-state index contributed by atoms with van der Waals surface area (Å²) in [4.78, 5) is 25.1. The fourth-order valence-electron chi connectivity index (χ4n) is 2.94. The molecule has 3 N–H and O–H groups in total. The van der Waals surface area contributed by atoms with E-state index in [-0.39, 0.29) is 18.8 Å². The summed E-state index contributed by atoms with van der Waals surface area (Å²) in [7, 11) is 1.33. The number of nitrogens with zero attached hydrogens (tertiary/aromatic N) is 3. The van der Waals surface area contributed by atoms with Crippen LogP contribution in [0.5, 0.6) is 5.75 Å². The van der Waals surface area contributed by atoms with Crippen LogP contribution < -0.4 is 21.5 Å². The zero-order valence-corrected chi connectivity index (χ0v) is 17.4. The molecule has 3 rings (SSSR count). The van der Waals surface area contributed by atoms with Crippen molar-refractivity contribution in [1.82, 2.24) is 14.3 Å². The van der Waals surface area contributed by atoms with Gasteiger partial charge in [-0.05, 0) is 24.7 Å². The number of alkyl halides is 3. The predicted molar refractivity (Wildman–Crippen MR) is 107 cm³/mol. The molecule has 1 amide bonds. The van der Waals surface area contributed by atoms with Crippen molar-refractivity contribution in [3.8, 4) is 11.4 Å². The third kappa shape index (κ3) is 5.22. The topological polar surface area (TPSA) is 104 Å². The van der Waals surface area contributed by atoms with Gasteiger partial charge >= 0.3 is 11.9 Å². The Hall–Kier alpha value is -3.81. The highest BCUT2D eigenvalue weighted by molar-refractivity contribution is 6.06. The Labute approximate surface area is 187 Å². The van der Waals surface area contributed by atoms with Crippen LogP contribution in [-0.4, -0.2) is 39.6 Å². The minimum atomic E-state index is -4.84. The number of amides is 1. The molecule has 0 saturated heterocycles. The summed E-state index contributed by atoms with van der Waals surface area (Å²) in [6, 6.07) is 3.81. The fraction of sp³-hybridized carbons (Fsp3) is 0.250. The van der Waals surface area contributed by atoms with Crippen molar-refractivity contribution in [2.45, 2.75) is 12.6 Å². The van der Waals surface area contributed by atoms with Crippen LogP contribution in [-0.2, 0) is 13.5 Å². The van der Waals surface area contributed by atoms with E-state index in [1.54, 1.807) is 0 Å². The number of rotatable bonds is 7. The number of carbonyl (C=O) groups excluding carboxylic acids is 1. The van der Waals surface area contributed by atoms with Gasteiger partial charge in [-0.1, -0.05) is 6.07 Å². The molecule has 8 nitrogen and oxygen atoms in total. The zero-order chi connectivity index (χ0) is 25.2. The van der Waals surface area contributed by atoms with E-state index in [1.807, 2.05) is 5.32 Å². The highest BCUT2D eigenvalue weighted by atomic mass is 19.4. The van der Waals surface area contributed by atoms with Crippen LogP contribution in [0, 0.1) is 17.5 Å². The van der Waals surface area contributed by atoms with E-state index in [2.05, 4.69) is 9.84 Å². The van der Waals surface area contributed by atoms with E-state index in [1.165, 1.54) is 7.05 Å². The minimum Gasteiger partial charge on any atom is -0.483 e. The minimum absolute atomic E-state index is 0.110. The quantitative estimate of drug-likeness (QED) is 0.497. The highest BCUT2D eigenvalue weighted by Gasteiger charge is 2.30. The number of hydrogen-bond donors (Lipinski definition) is 2. The number of hydrogen-bond acceptors (Lipinski definition) is 5. The Kier molecular flexibility index (Phi) is 7.00. The molecule has 0 bridgehead atoms. The number of anilines is 1. The van der Waals surface area contributed by atoms with Crippen LogP contribution in [0.2, 0.25) is 0 Å². The van der Waals surface area contributed by atoms with Crippen LogP contribution >= 0.6 is 0 Å². The summed E-state index contributed by atoms with van der Waals surface area (Å²) in [6.07, 6.45) is -4.69. The van der Waals surface area contributed by atoms with Crippen LogP contribution in [0.25, 0.3) is 5.69 Å². The summed E-state index contributed by atoms with van der Waals surface area (Å²) in [5.41, 5.74) is 2.28. The van der Waals surface area contributed by atoms with Gasteiger partial charge < -0.3 is 15.8 Å². The highest BCUT2D eigenvalue weighted by Crippen LogP contribution is 2.29. The van der Waals surface area contributed by atoms with Gasteiger partial charge in [-0.15, -0.1) is 5.10 Å². The molecule has 0 fully saturated rings. The van der Waals surface area contributed by atoms with Crippen molar-refractivity contribution >= 4 is 11.6 Å². The Morgan fingerprint density at radius 1 is 1.15 bits per heavy atom. The normalized spacial score (nSPS) is 11.5. The maximum absolute atomic E-state index is 14.9. The van der Waals surface area contributed by atoms with Gasteiger partial charge in [0.25, 0.3) is 5.91 Å². The lowest BCUT2D eigenvalue weighted by molar-refractivity contribution is -0.153. The van der Waals surface area contributed by atoms with Gasteiger partial charge in [0.15, 0.2) is 6.61 Å². The lowest BCUT2D eigenvalue weighted by Crippen LogP contribution is -2.25. The Bertz CT molecular complexity index is 1260. The largest absolute Gasteiger partial charge is 0.483 e. The number of benzene rings is 2. The average Bonchev–Trinajstić information content (AvgIpc) is 3.03. The maximum Gasteiger partial charge on any atom is 0.422 e. The first kappa shape index (κ1) is 24.8. The maximum atomic E-state index is 14.9. The van der Waals surface area contributed by atoms with Gasteiger partial charge in [0.1, 0.15) is 40.4 Å². The van der Waals surface area contributed by atoms with Crippen molar-refractivity contribution in [2.75, 3.05) is 18.5 Å². The molecule has 0 aliphatic carbocycles. The number of carbonyl (C=O) groups is 1. The number of nitrogens with one attached hydrogen (secondary N) is 1. The number of nitrogens with two attached hydrogens (primary N) is 1. The van der Waals surface area contributed by atoms with Gasteiger partial charge in [0.2, 0.25) is 0 Å². The van der Waals surface area contributed by atoms with Gasteiger partial charge in [-0.2, -0.15) is 17.9 Å². The molecule has 1 aromatic heterocycles. The molecule has 2 aromatic carbocycles. The first-order valence-corrected chi connectivity index (χ1v) is 9.56. The molecule has 0 aliphatic rings. The first-order chi connectivity index (χ1) is 15.9. The molecule has 0 radical (unpaired) electrons. The molecule has 14 heteroatoms. The van der Waals surface area contributed by atoms with E-state index < -0.39 is 64.5 Å². The number of aromatic nitrogens is 3. The standard InChI is InChI=1S/C20H17F6N5O3/c1-30-16(5-6-27)29-31(19(30)33)14-8-15(34-9-20(24,25)26)10(7-13(14)23)18(32)28-17-11(21)3-2-4-12(17)22/h2-4,7-8H,5-6,9,27H2,1H3,(H,28,32). The summed E-state index contributed by atoms with van der Waals surface area (Å²) >= 11 is 0. The fourth-order valence-corrected chi connectivity index (χ4v) is 2.94. The third-order valence-corrected chi connectivity index (χ3v) is 4.55. The molecule has 0 atom stereocenters. The van der Waals surface area contributed by atoms with Gasteiger partial charge in [-0.3, -0.25) is 9.36 Å². The van der Waals surface area contributed by atoms with Crippen LogP contribution in [0.1, 0.15) is 16.2 Å². The molecule has 34 heavy (non-hydrogen) atoms.